The van der Waals surface area contributed by atoms with E-state index in [1.165, 1.54) is 15.0 Å². The van der Waals surface area contributed by atoms with E-state index in [0.717, 1.165) is 16.7 Å². The van der Waals surface area contributed by atoms with Crippen molar-refractivity contribution < 1.29 is 19.2 Å². The van der Waals surface area contributed by atoms with Crippen molar-refractivity contribution in [2.75, 3.05) is 37.2 Å². The number of nitrogen functional groups attached to an aromatic ring is 3. The lowest BCUT2D eigenvalue weighted by molar-refractivity contribution is 0.275. The number of anilines is 3. The summed E-state index contributed by atoms with van der Waals surface area (Å²) < 4.78 is 8.88. The lowest BCUT2D eigenvalue weighted by Gasteiger charge is -2.20. The minimum atomic E-state index is -4.64. The summed E-state index contributed by atoms with van der Waals surface area (Å²) in [6.45, 7) is 0.760. The lowest BCUT2D eigenvalue weighted by Crippen LogP contribution is -2.49. The molecule has 3 aliphatic rings. The van der Waals surface area contributed by atoms with Crippen molar-refractivity contribution in [2.45, 2.75) is 0 Å². The van der Waals surface area contributed by atoms with E-state index in [-0.39, 0.29) is 37.9 Å². The molecular formula is C36H42N21O4P. The van der Waals surface area contributed by atoms with Gasteiger partial charge in [-0.1, -0.05) is 91.0 Å². The Morgan fingerprint density at radius 2 is 0.645 bits per heavy atom. The molecule has 62 heavy (non-hydrogen) atoms. The fraction of sp³-hybridized carbons (Fsp3) is 0.0833. The molecule has 0 fully saturated rings. The number of nitrogens with zero attached hydrogens (tertiary/aromatic N) is 12. The van der Waals surface area contributed by atoms with Crippen molar-refractivity contribution in [3.8, 4) is 33.8 Å². The molecule has 0 amide bonds. The van der Waals surface area contributed by atoms with Crippen LogP contribution in [0, 0.1) is 0 Å². The van der Waals surface area contributed by atoms with Crippen LogP contribution in [0.2, 0.25) is 0 Å². The lowest BCUT2D eigenvalue weighted by atomic mass is 10.1. The highest BCUT2D eigenvalue weighted by Gasteiger charge is 2.18. The van der Waals surface area contributed by atoms with Crippen LogP contribution in [0.25, 0.3) is 51.2 Å². The van der Waals surface area contributed by atoms with Gasteiger partial charge in [0.05, 0.1) is 32.7 Å². The van der Waals surface area contributed by atoms with E-state index in [0.29, 0.717) is 66.7 Å². The second-order valence-corrected chi connectivity index (χ2v) is 14.0. The fourth-order valence-corrected chi connectivity index (χ4v) is 5.95. The van der Waals surface area contributed by atoms with Gasteiger partial charge in [-0.15, -0.1) is 0 Å². The SMILES string of the molecule is NC1=c2c(-c3ccccc3)nc(N)nc2=NCN1N.NC1=c2c(-c3ccccc3)nc(N)nc2=NCN1N.NC1=c2c(-c3ccccc3)nc(N)nc2=NCN1N.O=P(O)(O)O. The third-order valence-electron chi connectivity index (χ3n) is 8.68. The van der Waals surface area contributed by atoms with Gasteiger partial charge in [-0.25, -0.2) is 52.0 Å². The van der Waals surface area contributed by atoms with Crippen molar-refractivity contribution in [3.63, 3.8) is 0 Å². The Hall–Kier alpha value is -7.90. The Morgan fingerprint density at radius 1 is 0.419 bits per heavy atom. The molecule has 0 atom stereocenters. The first-order chi connectivity index (χ1) is 29.5. The predicted octanol–water partition coefficient (Wildman–Crippen LogP) is -5.38. The molecule has 6 heterocycles. The van der Waals surface area contributed by atoms with E-state index in [1.54, 1.807) is 0 Å². The largest absolute Gasteiger partial charge is 0.466 e. The summed E-state index contributed by atoms with van der Waals surface area (Å²) >= 11 is 0. The van der Waals surface area contributed by atoms with E-state index in [4.69, 9.17) is 71.2 Å². The minimum Gasteiger partial charge on any atom is -0.384 e. The number of hydrazine groups is 3. The monoisotopic (exact) mass is 863 g/mol. The molecule has 26 heteroatoms. The Morgan fingerprint density at radius 3 is 0.871 bits per heavy atom. The van der Waals surface area contributed by atoms with Gasteiger partial charge in [0, 0.05) is 16.7 Å². The number of hydrogen-bond donors (Lipinski definition) is 12. The van der Waals surface area contributed by atoms with Crippen LogP contribution in [0.1, 0.15) is 0 Å². The molecule has 25 nitrogen and oxygen atoms in total. The van der Waals surface area contributed by atoms with Crippen molar-refractivity contribution in [3.05, 3.63) is 123 Å². The topological polar surface area (TPSA) is 436 Å². The zero-order valence-corrected chi connectivity index (χ0v) is 33.4. The zero-order chi connectivity index (χ0) is 44.7. The number of aromatic nitrogens is 6. The Balaban J connectivity index is 0.000000147. The maximum atomic E-state index is 8.88. The van der Waals surface area contributed by atoms with E-state index < -0.39 is 7.82 Å². The molecule has 0 unspecified atom stereocenters. The predicted molar refractivity (Wildman–Crippen MR) is 228 cm³/mol. The molecule has 0 spiro atoms. The number of nitrogens with two attached hydrogens (primary N) is 9. The summed E-state index contributed by atoms with van der Waals surface area (Å²) in [6.07, 6.45) is 0. The summed E-state index contributed by atoms with van der Waals surface area (Å²) in [5, 5.41) is 5.93. The van der Waals surface area contributed by atoms with Crippen molar-refractivity contribution in [2.24, 2.45) is 49.7 Å². The first-order valence-electron chi connectivity index (χ1n) is 17.9. The van der Waals surface area contributed by atoms with Gasteiger partial charge in [-0.05, 0) is 0 Å². The quantitative estimate of drug-likeness (QED) is 0.0583. The zero-order valence-electron chi connectivity index (χ0n) is 32.5. The smallest absolute Gasteiger partial charge is 0.384 e. The molecule has 0 saturated carbocycles. The van der Waals surface area contributed by atoms with Crippen LogP contribution < -0.4 is 84.0 Å². The summed E-state index contributed by atoms with van der Waals surface area (Å²) in [5.74, 6) is 19.0. The highest BCUT2D eigenvalue weighted by atomic mass is 31.2. The summed E-state index contributed by atoms with van der Waals surface area (Å²) in [6, 6.07) is 28.8. The van der Waals surface area contributed by atoms with Crippen molar-refractivity contribution in [1.82, 2.24) is 44.9 Å². The third-order valence-corrected chi connectivity index (χ3v) is 8.68. The van der Waals surface area contributed by atoms with Crippen LogP contribution in [0.5, 0.6) is 0 Å². The van der Waals surface area contributed by atoms with Crippen molar-refractivity contribution in [1.29, 1.82) is 0 Å². The Kier molecular flexibility index (Phi) is 13.1. The fourth-order valence-electron chi connectivity index (χ4n) is 5.95. The van der Waals surface area contributed by atoms with Crippen LogP contribution in [-0.4, -0.2) is 79.6 Å². The van der Waals surface area contributed by atoms with E-state index in [2.05, 4.69) is 44.9 Å². The van der Waals surface area contributed by atoms with Crippen LogP contribution in [-0.2, 0) is 4.57 Å². The maximum absolute atomic E-state index is 8.88. The highest BCUT2D eigenvalue weighted by Crippen LogP contribution is 2.26. The average Bonchev–Trinajstić information content (AvgIpc) is 3.25. The molecule has 0 saturated heterocycles. The standard InChI is InChI=1S/3C12H13N7.H3O4P/c3*13-10-8-9(7-4-2-1-3-5-7)17-12(14)18-11(8)16-6-19(10)15;1-5(2,3)4/h3*1-5H,6,13,15H2,(H2,14,16,18);(H3,1,2,3,4). The van der Waals surface area contributed by atoms with Gasteiger partial charge in [0.2, 0.25) is 17.8 Å². The van der Waals surface area contributed by atoms with E-state index in [1.807, 2.05) is 91.0 Å². The van der Waals surface area contributed by atoms with Crippen molar-refractivity contribution >= 4 is 43.1 Å². The van der Waals surface area contributed by atoms with E-state index in [9.17, 15) is 0 Å². The van der Waals surface area contributed by atoms with Gasteiger partial charge in [0.15, 0.2) is 16.5 Å². The molecule has 6 aromatic rings. The van der Waals surface area contributed by atoms with Gasteiger partial charge >= 0.3 is 7.82 Å². The van der Waals surface area contributed by atoms with Gasteiger partial charge < -0.3 is 49.1 Å². The molecule has 21 N–H and O–H groups in total. The molecule has 0 aliphatic carbocycles. The molecule has 320 valence electrons. The molecule has 3 aromatic heterocycles. The second kappa shape index (κ2) is 18.6. The Labute approximate surface area is 350 Å². The summed E-state index contributed by atoms with van der Waals surface area (Å²) in [4.78, 5) is 59.4. The number of benzene rings is 3. The molecule has 0 radical (unpaired) electrons. The number of rotatable bonds is 3. The normalized spacial score (nSPS) is 13.8. The molecule has 0 bridgehead atoms. The van der Waals surface area contributed by atoms with Crippen LogP contribution in [0.4, 0.5) is 17.8 Å². The number of hydrogen-bond acceptors (Lipinski definition) is 22. The van der Waals surface area contributed by atoms with Gasteiger partial charge in [0.1, 0.15) is 37.5 Å². The maximum Gasteiger partial charge on any atom is 0.466 e. The summed E-state index contributed by atoms with van der Waals surface area (Å²) in [5.41, 5.74) is 41.2. The third kappa shape index (κ3) is 10.3. The molecular weight excluding hydrogens is 822 g/mol. The second-order valence-electron chi connectivity index (χ2n) is 13.0. The van der Waals surface area contributed by atoms with Gasteiger partial charge in [-0.2, -0.15) is 15.0 Å². The first-order valence-corrected chi connectivity index (χ1v) is 19.5. The van der Waals surface area contributed by atoms with E-state index >= 15 is 0 Å². The molecule has 3 aromatic carbocycles. The minimum absolute atomic E-state index is 0.166. The summed E-state index contributed by atoms with van der Waals surface area (Å²) in [7, 11) is -4.64. The van der Waals surface area contributed by atoms with Gasteiger partial charge in [0.25, 0.3) is 0 Å². The Bertz CT molecular complexity index is 2720. The number of phosphoric acid groups is 1. The van der Waals surface area contributed by atoms with Crippen LogP contribution >= 0.6 is 7.82 Å². The van der Waals surface area contributed by atoms with Gasteiger partial charge in [-0.3, -0.25) is 15.0 Å². The highest BCUT2D eigenvalue weighted by molar-refractivity contribution is 7.45. The average molecular weight is 864 g/mol. The van der Waals surface area contributed by atoms with Crippen LogP contribution in [0.3, 0.4) is 0 Å². The molecule has 9 rings (SSSR count). The van der Waals surface area contributed by atoms with Crippen LogP contribution in [0.15, 0.2) is 106 Å². The first kappa shape index (κ1) is 43.7. The number of fused-ring (bicyclic) bond motifs is 3. The molecule has 3 aliphatic heterocycles.